The maximum absolute atomic E-state index is 13.1. The highest BCUT2D eigenvalue weighted by Crippen LogP contribution is 2.38. The van der Waals surface area contributed by atoms with E-state index in [1.807, 2.05) is 0 Å². The van der Waals surface area contributed by atoms with Gasteiger partial charge in [-0.2, -0.15) is 4.31 Å². The summed E-state index contributed by atoms with van der Waals surface area (Å²) >= 11 is 1.28. The van der Waals surface area contributed by atoms with E-state index in [9.17, 15) is 18.3 Å². The van der Waals surface area contributed by atoms with E-state index in [0.29, 0.717) is 16.2 Å². The Kier molecular flexibility index (Phi) is 4.83. The fourth-order valence-electron chi connectivity index (χ4n) is 2.79. The van der Waals surface area contributed by atoms with Crippen LogP contribution in [0.5, 0.6) is 5.75 Å². The van der Waals surface area contributed by atoms with Gasteiger partial charge in [0.2, 0.25) is 10.0 Å². The molecule has 25 heavy (non-hydrogen) atoms. The summed E-state index contributed by atoms with van der Waals surface area (Å²) in [6.45, 7) is -0.00990. The molecule has 0 amide bonds. The van der Waals surface area contributed by atoms with Gasteiger partial charge in [-0.1, -0.05) is 0 Å². The monoisotopic (exact) mass is 383 g/mol. The third kappa shape index (κ3) is 3.04. The average Bonchev–Trinajstić information content (AvgIpc) is 3.10. The number of hydrogen-bond acceptors (Lipinski definition) is 7. The molecule has 0 bridgehead atoms. The van der Waals surface area contributed by atoms with Gasteiger partial charge in [0.25, 0.3) is 0 Å². The van der Waals surface area contributed by atoms with Crippen molar-refractivity contribution in [2.45, 2.75) is 23.6 Å². The van der Waals surface area contributed by atoms with Gasteiger partial charge >= 0.3 is 5.97 Å². The summed E-state index contributed by atoms with van der Waals surface area (Å²) in [6, 6.07) is 6.26. The molecule has 2 atom stereocenters. The van der Waals surface area contributed by atoms with Gasteiger partial charge in [-0.25, -0.2) is 8.42 Å². The second-order valence-electron chi connectivity index (χ2n) is 5.45. The number of rotatable bonds is 4. The number of aliphatic hydroxyl groups is 1. The number of benzene rings is 1. The third-order valence-electron chi connectivity index (χ3n) is 4.09. The summed E-state index contributed by atoms with van der Waals surface area (Å²) in [4.78, 5) is 12.8. The van der Waals surface area contributed by atoms with Crippen LogP contribution in [0.2, 0.25) is 0 Å². The summed E-state index contributed by atoms with van der Waals surface area (Å²) in [5.41, 5.74) is 0.676. The van der Waals surface area contributed by atoms with Gasteiger partial charge in [0.1, 0.15) is 11.9 Å². The summed E-state index contributed by atoms with van der Waals surface area (Å²) in [5.74, 6) is -0.286. The third-order valence-corrected chi connectivity index (χ3v) is 6.96. The standard InChI is InChI=1S/C16H17NO6S2/c1-22-11-3-5-12(6-4-11)25(20,21)17-9-10-7-8-24-15(10)14(18)13(17)16(19)23-2/h3-8,13-14,18H,9H2,1-2H3. The number of aliphatic hydroxyl groups excluding tert-OH is 1. The van der Waals surface area contributed by atoms with Crippen molar-refractivity contribution in [3.05, 3.63) is 46.2 Å². The van der Waals surface area contributed by atoms with Crippen molar-refractivity contribution in [3.63, 3.8) is 0 Å². The Balaban J connectivity index is 2.06. The van der Waals surface area contributed by atoms with Gasteiger partial charge in [-0.3, -0.25) is 4.79 Å². The molecular formula is C16H17NO6S2. The van der Waals surface area contributed by atoms with Crippen LogP contribution in [0, 0.1) is 0 Å². The van der Waals surface area contributed by atoms with Crippen LogP contribution < -0.4 is 4.74 Å². The molecule has 9 heteroatoms. The zero-order valence-electron chi connectivity index (χ0n) is 13.6. The number of hydrogen-bond donors (Lipinski definition) is 1. The molecule has 1 aromatic carbocycles. The number of ether oxygens (including phenoxy) is 2. The molecule has 1 aromatic heterocycles. The van der Waals surface area contributed by atoms with Crippen LogP contribution in [-0.2, 0) is 26.1 Å². The Morgan fingerprint density at radius 1 is 1.24 bits per heavy atom. The number of carbonyl (C=O) groups is 1. The first-order valence-corrected chi connectivity index (χ1v) is 9.70. The Morgan fingerprint density at radius 2 is 1.92 bits per heavy atom. The van der Waals surface area contributed by atoms with Gasteiger partial charge < -0.3 is 14.6 Å². The molecule has 2 aromatic rings. The van der Waals surface area contributed by atoms with E-state index >= 15 is 0 Å². The molecule has 1 N–H and O–H groups in total. The average molecular weight is 383 g/mol. The number of sulfonamides is 1. The minimum Gasteiger partial charge on any atom is -0.497 e. The van der Waals surface area contributed by atoms with Crippen LogP contribution in [0.25, 0.3) is 0 Å². The molecule has 0 aliphatic carbocycles. The summed E-state index contributed by atoms with van der Waals surface area (Å²) in [5, 5.41) is 12.3. The Labute approximate surface area is 149 Å². The smallest absolute Gasteiger partial charge is 0.327 e. The minimum absolute atomic E-state index is 0.00748. The molecular weight excluding hydrogens is 366 g/mol. The molecule has 0 saturated heterocycles. The van der Waals surface area contributed by atoms with Crippen molar-refractivity contribution in [3.8, 4) is 5.75 Å². The van der Waals surface area contributed by atoms with Crippen molar-refractivity contribution >= 4 is 27.3 Å². The van der Waals surface area contributed by atoms with Crippen molar-refractivity contribution in [2.24, 2.45) is 0 Å². The summed E-state index contributed by atoms with van der Waals surface area (Å²) in [7, 11) is -1.38. The fourth-order valence-corrected chi connectivity index (χ4v) is 5.28. The molecule has 134 valence electrons. The van der Waals surface area contributed by atoms with Crippen LogP contribution >= 0.6 is 11.3 Å². The molecule has 1 aliphatic heterocycles. The first kappa shape index (κ1) is 17.9. The highest BCUT2D eigenvalue weighted by Gasteiger charge is 2.46. The van der Waals surface area contributed by atoms with Crippen molar-refractivity contribution in [2.75, 3.05) is 14.2 Å². The lowest BCUT2D eigenvalue weighted by molar-refractivity contribution is -0.150. The van der Waals surface area contributed by atoms with Gasteiger partial charge in [0.15, 0.2) is 6.04 Å². The fraction of sp³-hybridized carbons (Fsp3) is 0.312. The van der Waals surface area contributed by atoms with Crippen LogP contribution in [0.15, 0.2) is 40.6 Å². The molecule has 3 rings (SSSR count). The Bertz CT molecular complexity index is 874. The lowest BCUT2D eigenvalue weighted by atomic mass is 10.0. The Morgan fingerprint density at radius 3 is 2.52 bits per heavy atom. The van der Waals surface area contributed by atoms with Crippen molar-refractivity contribution < 1.29 is 27.8 Å². The topological polar surface area (TPSA) is 93.1 Å². The van der Waals surface area contributed by atoms with Gasteiger partial charge in [0.05, 0.1) is 19.1 Å². The largest absolute Gasteiger partial charge is 0.497 e. The van der Waals surface area contributed by atoms with E-state index in [-0.39, 0.29) is 11.4 Å². The quantitative estimate of drug-likeness (QED) is 0.805. The van der Waals surface area contributed by atoms with Crippen LogP contribution in [0.4, 0.5) is 0 Å². The molecule has 2 heterocycles. The molecule has 0 radical (unpaired) electrons. The molecule has 0 spiro atoms. The van der Waals surface area contributed by atoms with Crippen molar-refractivity contribution in [1.82, 2.24) is 4.31 Å². The zero-order chi connectivity index (χ0) is 18.2. The summed E-state index contributed by atoms with van der Waals surface area (Å²) < 4.78 is 36.9. The molecule has 7 nitrogen and oxygen atoms in total. The highest BCUT2D eigenvalue weighted by atomic mass is 32.2. The number of esters is 1. The van der Waals surface area contributed by atoms with Crippen LogP contribution in [-0.4, -0.2) is 44.1 Å². The zero-order valence-corrected chi connectivity index (χ0v) is 15.2. The first-order valence-electron chi connectivity index (χ1n) is 7.38. The van der Waals surface area contributed by atoms with Gasteiger partial charge in [-0.15, -0.1) is 11.3 Å². The van der Waals surface area contributed by atoms with E-state index in [4.69, 9.17) is 9.47 Å². The van der Waals surface area contributed by atoms with Crippen LogP contribution in [0.3, 0.4) is 0 Å². The first-order chi connectivity index (χ1) is 11.9. The highest BCUT2D eigenvalue weighted by molar-refractivity contribution is 7.89. The lowest BCUT2D eigenvalue weighted by Gasteiger charge is -2.35. The lowest BCUT2D eigenvalue weighted by Crippen LogP contribution is -2.50. The van der Waals surface area contributed by atoms with Crippen LogP contribution in [0.1, 0.15) is 16.5 Å². The number of thiophene rings is 1. The predicted octanol–water partition coefficient (Wildman–Crippen LogP) is 1.54. The van der Waals surface area contributed by atoms with E-state index in [2.05, 4.69) is 0 Å². The molecule has 0 fully saturated rings. The van der Waals surface area contributed by atoms with Crippen molar-refractivity contribution in [1.29, 1.82) is 0 Å². The maximum atomic E-state index is 13.1. The molecule has 0 saturated carbocycles. The SMILES string of the molecule is COC(=O)C1C(O)c2sccc2CN1S(=O)(=O)c1ccc(OC)cc1. The number of methoxy groups -OCH3 is 2. The van der Waals surface area contributed by atoms with E-state index in [1.165, 1.54) is 42.7 Å². The van der Waals surface area contributed by atoms with E-state index < -0.39 is 28.1 Å². The number of carbonyl (C=O) groups excluding carboxylic acids is 1. The summed E-state index contributed by atoms with van der Waals surface area (Å²) in [6.07, 6.45) is -1.27. The van der Waals surface area contributed by atoms with Gasteiger partial charge in [-0.05, 0) is 41.3 Å². The minimum atomic E-state index is -4.02. The normalized spacial score (nSPS) is 20.8. The second-order valence-corrected chi connectivity index (χ2v) is 8.29. The van der Waals surface area contributed by atoms with E-state index in [1.54, 1.807) is 11.4 Å². The molecule has 1 aliphatic rings. The maximum Gasteiger partial charge on any atom is 0.327 e. The second kappa shape index (κ2) is 6.75. The number of fused-ring (bicyclic) bond motifs is 1. The van der Waals surface area contributed by atoms with E-state index in [0.717, 1.165) is 11.4 Å². The van der Waals surface area contributed by atoms with Gasteiger partial charge in [0, 0.05) is 11.4 Å². The number of nitrogens with zero attached hydrogens (tertiary/aromatic N) is 1. The molecule has 2 unspecified atom stereocenters. The predicted molar refractivity (Wildman–Crippen MR) is 90.8 cm³/mol. The Hall–Kier alpha value is -1.94.